The van der Waals surface area contributed by atoms with Crippen LogP contribution in [-0.2, 0) is 19.4 Å². The summed E-state index contributed by atoms with van der Waals surface area (Å²) in [5, 5.41) is 6.19. The van der Waals surface area contributed by atoms with Gasteiger partial charge in [0.2, 0.25) is 98.6 Å². The normalized spacial score (nSPS) is 12.3. The minimum Gasteiger partial charge on any atom is -0.454 e. The number of ether oxygens (including phenoxy) is 8. The van der Waals surface area contributed by atoms with Crippen molar-refractivity contribution in [1.29, 1.82) is 0 Å². The summed E-state index contributed by atoms with van der Waals surface area (Å²) in [4.78, 5) is 61.3. The highest BCUT2D eigenvalue weighted by atomic mass is 16.7. The first-order valence-electron chi connectivity index (χ1n) is 27.1. The fourth-order valence-corrected chi connectivity index (χ4v) is 8.38. The Labute approximate surface area is 501 Å². The number of aromatic nitrogens is 12. The lowest BCUT2D eigenvalue weighted by molar-refractivity contribution is 0.173. The van der Waals surface area contributed by atoms with Crippen molar-refractivity contribution in [3.05, 3.63) is 89.5 Å². The lowest BCUT2D eigenvalue weighted by atomic mass is 10.1. The second-order valence-corrected chi connectivity index (χ2v) is 20.1. The second kappa shape index (κ2) is 27.5. The number of likely N-dealkylation sites (N-methyl/N-ethyl adjacent to an activating group) is 2. The molecule has 0 bridgehead atoms. The highest BCUT2D eigenvalue weighted by Gasteiger charge is 2.23. The van der Waals surface area contributed by atoms with Crippen LogP contribution in [0, 0.1) is 0 Å². The lowest BCUT2D eigenvalue weighted by Gasteiger charge is -2.21. The molecule has 0 saturated carbocycles. The van der Waals surface area contributed by atoms with Crippen LogP contribution in [0.3, 0.4) is 0 Å². The number of benzene rings is 4. The summed E-state index contributed by atoms with van der Waals surface area (Å²) in [6.45, 7) is 2.94. The number of nitrogens with two attached hydrogens (primary N) is 4. The van der Waals surface area contributed by atoms with E-state index in [0.29, 0.717) is 72.2 Å². The fraction of sp³-hybridized carbons (Fsp3) is 0.345. The van der Waals surface area contributed by atoms with E-state index in [-0.39, 0.29) is 51.0 Å². The smallest absolute Gasteiger partial charge is 0.233 e. The van der Waals surface area contributed by atoms with Gasteiger partial charge >= 0.3 is 0 Å². The molecule has 0 atom stereocenters. The maximum absolute atomic E-state index is 5.68. The molecule has 8 heterocycles. The van der Waals surface area contributed by atoms with Gasteiger partial charge in [0.15, 0.2) is 46.0 Å². The molecule has 8 aromatic rings. The molecular formula is C55H70N24O8. The zero-order valence-corrected chi connectivity index (χ0v) is 49.9. The van der Waals surface area contributed by atoms with Crippen LogP contribution in [0.2, 0.25) is 0 Å². The van der Waals surface area contributed by atoms with E-state index in [1.165, 1.54) is 0 Å². The minimum atomic E-state index is 0.113. The zero-order chi connectivity index (χ0) is 61.7. The van der Waals surface area contributed by atoms with Crippen molar-refractivity contribution in [2.45, 2.75) is 19.4 Å². The molecule has 4 aromatic carbocycles. The second-order valence-electron chi connectivity index (χ2n) is 20.1. The monoisotopic (exact) mass is 1190 g/mol. The number of nitrogens with one attached hydrogen (secondary N) is 2. The summed E-state index contributed by atoms with van der Waals surface area (Å²) in [7, 11) is 18.9. The summed E-state index contributed by atoms with van der Waals surface area (Å²) in [5.41, 5.74) is 26.4. The van der Waals surface area contributed by atoms with Crippen LogP contribution in [0.15, 0.2) is 72.8 Å². The van der Waals surface area contributed by atoms with Crippen molar-refractivity contribution in [1.82, 2.24) is 59.8 Å². The summed E-state index contributed by atoms with van der Waals surface area (Å²) in [6.07, 6.45) is 1.57. The van der Waals surface area contributed by atoms with Gasteiger partial charge in [0.1, 0.15) is 0 Å². The van der Waals surface area contributed by atoms with Crippen molar-refractivity contribution < 1.29 is 37.9 Å². The predicted molar refractivity (Wildman–Crippen MR) is 329 cm³/mol. The number of para-hydroxylation sites is 4. The molecule has 12 rings (SSSR count). The van der Waals surface area contributed by atoms with Gasteiger partial charge in [-0.2, -0.15) is 59.8 Å². The van der Waals surface area contributed by atoms with Gasteiger partial charge < -0.3 is 101 Å². The molecule has 458 valence electrons. The largest absolute Gasteiger partial charge is 0.454 e. The maximum Gasteiger partial charge on any atom is 0.233 e. The summed E-state index contributed by atoms with van der Waals surface area (Å²) >= 11 is 0. The van der Waals surface area contributed by atoms with Gasteiger partial charge in [-0.3, -0.25) is 0 Å². The van der Waals surface area contributed by atoms with E-state index in [1.54, 1.807) is 9.80 Å². The van der Waals surface area contributed by atoms with Crippen LogP contribution in [0.1, 0.15) is 16.7 Å². The number of nitrogen functional groups attached to an aromatic ring is 4. The first-order chi connectivity index (χ1) is 41.8. The Kier molecular flexibility index (Phi) is 19.2. The van der Waals surface area contributed by atoms with Crippen LogP contribution < -0.4 is 101 Å². The van der Waals surface area contributed by atoms with Gasteiger partial charge in [-0.15, -0.1) is 0 Å². The molecule has 0 saturated heterocycles. The van der Waals surface area contributed by atoms with Gasteiger partial charge in [0.05, 0.1) is 5.69 Å². The number of nitrogens with zero attached hydrogens (tertiary/aromatic N) is 18. The molecule has 32 heteroatoms. The van der Waals surface area contributed by atoms with Crippen molar-refractivity contribution in [3.8, 4) is 46.0 Å². The maximum atomic E-state index is 5.68. The molecule has 0 unspecified atom stereocenters. The lowest BCUT2D eigenvalue weighted by Crippen LogP contribution is -2.26. The molecule has 4 aliphatic heterocycles. The first kappa shape index (κ1) is 60.5. The van der Waals surface area contributed by atoms with Crippen molar-refractivity contribution in [3.63, 3.8) is 0 Å². The van der Waals surface area contributed by atoms with E-state index < -0.39 is 0 Å². The number of fused-ring (bicyclic) bond motifs is 4. The molecule has 0 radical (unpaired) electrons. The molecule has 10 N–H and O–H groups in total. The van der Waals surface area contributed by atoms with E-state index >= 15 is 0 Å². The highest BCUT2D eigenvalue weighted by molar-refractivity contribution is 5.69. The van der Waals surface area contributed by atoms with E-state index in [0.717, 1.165) is 76.3 Å². The molecule has 0 spiro atoms. The third kappa shape index (κ3) is 15.6. The summed E-state index contributed by atoms with van der Waals surface area (Å²) < 4.78 is 43.4. The first-order valence-corrected chi connectivity index (χ1v) is 27.1. The van der Waals surface area contributed by atoms with Crippen LogP contribution in [0.4, 0.5) is 77.1 Å². The van der Waals surface area contributed by atoms with Gasteiger partial charge in [-0.05, 0) is 54.3 Å². The number of hydrogen-bond donors (Lipinski definition) is 6. The van der Waals surface area contributed by atoms with Crippen molar-refractivity contribution in [2.24, 2.45) is 0 Å². The molecule has 87 heavy (non-hydrogen) atoms. The van der Waals surface area contributed by atoms with E-state index in [1.807, 2.05) is 157 Å². The van der Waals surface area contributed by atoms with Crippen LogP contribution in [-0.4, -0.2) is 171 Å². The molecule has 0 amide bonds. The van der Waals surface area contributed by atoms with Crippen LogP contribution >= 0.6 is 0 Å². The van der Waals surface area contributed by atoms with Gasteiger partial charge in [0, 0.05) is 95.7 Å². The van der Waals surface area contributed by atoms with Gasteiger partial charge in [-0.25, -0.2) is 0 Å². The molecule has 32 nitrogen and oxygen atoms in total. The van der Waals surface area contributed by atoms with Crippen LogP contribution in [0.25, 0.3) is 0 Å². The van der Waals surface area contributed by atoms with E-state index in [2.05, 4.69) is 76.5 Å². The minimum absolute atomic E-state index is 0.113. The summed E-state index contributed by atoms with van der Waals surface area (Å²) in [6, 6.07) is 23.1. The predicted octanol–water partition coefficient (Wildman–Crippen LogP) is 3.71. The van der Waals surface area contributed by atoms with Gasteiger partial charge in [0.25, 0.3) is 0 Å². The highest BCUT2D eigenvalue weighted by Crippen LogP contribution is 2.41. The number of rotatable bonds is 17. The third-order valence-electron chi connectivity index (χ3n) is 12.8. The number of anilines is 13. The van der Waals surface area contributed by atoms with Crippen molar-refractivity contribution in [2.75, 3.05) is 174 Å². The Morgan fingerprint density at radius 1 is 0.356 bits per heavy atom. The Hall–Kier alpha value is -11.1. The zero-order valence-electron chi connectivity index (χ0n) is 49.9. The summed E-state index contributed by atoms with van der Waals surface area (Å²) in [5.74, 6) is 10.7. The molecule has 4 aromatic heterocycles. The average Bonchev–Trinajstić information content (AvgIpc) is 3.57. The average molecular weight is 1200 g/mol. The Bertz CT molecular complexity index is 3610. The fourth-order valence-electron chi connectivity index (χ4n) is 8.38. The third-order valence-corrected chi connectivity index (χ3v) is 12.8. The van der Waals surface area contributed by atoms with Crippen LogP contribution in [0.5, 0.6) is 46.0 Å². The van der Waals surface area contributed by atoms with Gasteiger partial charge in [-0.1, -0.05) is 42.5 Å². The quantitative estimate of drug-likeness (QED) is 0.0756. The topological polar surface area (TPSA) is 376 Å². The molecule has 0 aliphatic carbocycles. The molecule has 0 fully saturated rings. The molecule has 4 aliphatic rings. The SMILES string of the molecule is CN(C)c1nc(N(C)C)nc(N(C)CCc2cccc3c2OCO3)n1.CN(C)c1nc(N)nc(NCc2cccc3c2OCO3)n1.CN(C)c1nc(N)nc(Nc2cccc3c2OCO3)n1.CN(CCc1cccc2c1OCO2)c1nc(N)nc(N)n1. The number of hydrogen-bond acceptors (Lipinski definition) is 32. The Morgan fingerprint density at radius 2 is 0.701 bits per heavy atom. The molecular weight excluding hydrogens is 1120 g/mol. The standard InChI is InChI=1S/C17H24N6O2.2C13H16N6O2.C12H14N6O2/c1-21(2)15-18-16(22(3)4)20-17(19-15)23(5)10-9-12-7-6-8-13-14(12)25-11-24-13;1-19(2)13-17-11(14)16-12(18-13)15-6-8-4-3-5-9-10(8)21-7-20-9;1-19(13-17-11(14)16-12(15)18-13)6-5-8-3-2-4-9-10(8)21-7-20-9;1-18(2)12-16-10(13)15-11(17-12)14-7-4-3-5-8-9(7)20-6-19-8/h6-8H,9-11H2,1-5H3;3-5H,6-7H2,1-2H3,(H3,14,15,16,17,18);2-4H,5-7H2,1H3,(H4,14,15,16,17,18);3-5H,6H2,1-2H3,(H3,13,14,15,16,17). The van der Waals surface area contributed by atoms with E-state index in [4.69, 9.17) is 60.8 Å². The van der Waals surface area contributed by atoms with Crippen molar-refractivity contribution >= 4 is 77.1 Å². The Morgan fingerprint density at radius 3 is 1.17 bits per heavy atom. The van der Waals surface area contributed by atoms with E-state index in [9.17, 15) is 0 Å². The Balaban J connectivity index is 0.000000139.